The van der Waals surface area contributed by atoms with Crippen LogP contribution in [0.5, 0.6) is 0 Å². The molecule has 9 heteroatoms. The number of hydrogen-bond acceptors (Lipinski definition) is 5. The van der Waals surface area contributed by atoms with E-state index in [9.17, 15) is 14.0 Å². The lowest BCUT2D eigenvalue weighted by atomic mass is 10.1. The van der Waals surface area contributed by atoms with Crippen LogP contribution in [0.3, 0.4) is 0 Å². The second kappa shape index (κ2) is 11.9. The first-order valence-electron chi connectivity index (χ1n) is 13.3. The third kappa shape index (κ3) is 6.46. The zero-order valence-corrected chi connectivity index (χ0v) is 21.7. The Morgan fingerprint density at radius 3 is 2.47 bits per heavy atom. The second-order valence-electron chi connectivity index (χ2n) is 10.3. The maximum absolute atomic E-state index is 13.4. The summed E-state index contributed by atoms with van der Waals surface area (Å²) >= 11 is 0. The van der Waals surface area contributed by atoms with Gasteiger partial charge in [0, 0.05) is 61.8 Å². The van der Waals surface area contributed by atoms with Crippen molar-refractivity contribution in [3.63, 3.8) is 0 Å². The quantitative estimate of drug-likeness (QED) is 0.404. The Morgan fingerprint density at radius 2 is 1.79 bits per heavy atom. The molecule has 0 bridgehead atoms. The molecule has 1 saturated carbocycles. The highest BCUT2D eigenvalue weighted by atomic mass is 19.1. The Hall–Kier alpha value is -3.56. The number of rotatable bonds is 10. The largest absolute Gasteiger partial charge is 0.340 e. The van der Waals surface area contributed by atoms with Crippen molar-refractivity contribution in [3.8, 4) is 5.69 Å². The normalized spacial score (nSPS) is 20.2. The Morgan fingerprint density at radius 1 is 1.05 bits per heavy atom. The maximum Gasteiger partial charge on any atom is 0.251 e. The molecule has 0 unspecified atom stereocenters. The van der Waals surface area contributed by atoms with E-state index < -0.39 is 6.04 Å². The lowest BCUT2D eigenvalue weighted by Crippen LogP contribution is -2.54. The van der Waals surface area contributed by atoms with Gasteiger partial charge in [-0.3, -0.25) is 9.59 Å². The fourth-order valence-corrected chi connectivity index (χ4v) is 5.04. The summed E-state index contributed by atoms with van der Waals surface area (Å²) in [7, 11) is 2.05. The van der Waals surface area contributed by atoms with Crippen LogP contribution in [0.2, 0.25) is 0 Å². The number of halogens is 1. The molecule has 1 saturated heterocycles. The Balaban J connectivity index is 1.16. The fraction of sp³-hybridized carbons (Fsp3) is 0.414. The molecule has 1 aliphatic carbocycles. The van der Waals surface area contributed by atoms with Gasteiger partial charge in [-0.1, -0.05) is 12.1 Å². The van der Waals surface area contributed by atoms with Crippen molar-refractivity contribution in [1.82, 2.24) is 30.0 Å². The highest BCUT2D eigenvalue weighted by Crippen LogP contribution is 2.40. The number of carbonyl (C=O) groups excluding carboxylic acids is 2. The molecule has 2 amide bonds. The molecule has 0 radical (unpaired) electrons. The topological polar surface area (TPSA) is 82.5 Å². The number of amides is 2. The number of aromatic nitrogens is 2. The minimum absolute atomic E-state index is 0.0166. The highest BCUT2D eigenvalue weighted by Gasteiger charge is 2.37. The lowest BCUT2D eigenvalue weighted by Gasteiger charge is -2.34. The van der Waals surface area contributed by atoms with Gasteiger partial charge in [-0.25, -0.2) is 9.37 Å². The van der Waals surface area contributed by atoms with Gasteiger partial charge < -0.3 is 25.0 Å². The van der Waals surface area contributed by atoms with Crippen LogP contribution in [-0.2, 0) is 4.79 Å². The standard InChI is InChI=1S/C29H35FN6O2/c1-34-15-17-35(18-16-34)29(38)26(3-2-12-32-27-19-25(27)21-4-8-23(30)9-5-21)33-28(37)22-6-10-24(11-7-22)36-14-13-31-20-36/h4-11,13-14,20,25-27,32H,2-3,12,15-19H2,1H3,(H,33,37)/t25-,26+,27+/m0/s1. The van der Waals surface area contributed by atoms with Crippen molar-refractivity contribution in [1.29, 1.82) is 0 Å². The van der Waals surface area contributed by atoms with Crippen molar-refractivity contribution in [2.24, 2.45) is 0 Å². The van der Waals surface area contributed by atoms with Gasteiger partial charge in [0.1, 0.15) is 11.9 Å². The van der Waals surface area contributed by atoms with Gasteiger partial charge >= 0.3 is 0 Å². The Bertz CT molecular complexity index is 1210. The molecule has 200 valence electrons. The van der Waals surface area contributed by atoms with Crippen LogP contribution in [0.25, 0.3) is 5.69 Å². The molecule has 2 N–H and O–H groups in total. The van der Waals surface area contributed by atoms with Gasteiger partial charge in [0.2, 0.25) is 5.91 Å². The third-order valence-corrected chi connectivity index (χ3v) is 7.52. The van der Waals surface area contributed by atoms with Gasteiger partial charge in [0.15, 0.2) is 0 Å². The van der Waals surface area contributed by atoms with E-state index in [1.54, 1.807) is 24.7 Å². The number of nitrogens with zero attached hydrogens (tertiary/aromatic N) is 4. The van der Waals surface area contributed by atoms with E-state index in [1.165, 1.54) is 12.1 Å². The van der Waals surface area contributed by atoms with Crippen LogP contribution < -0.4 is 10.6 Å². The molecule has 38 heavy (non-hydrogen) atoms. The summed E-state index contributed by atoms with van der Waals surface area (Å²) in [6.45, 7) is 3.75. The summed E-state index contributed by atoms with van der Waals surface area (Å²) < 4.78 is 15.1. The van der Waals surface area contributed by atoms with Crippen LogP contribution in [-0.4, -0.2) is 83.0 Å². The van der Waals surface area contributed by atoms with Crippen molar-refractivity contribution < 1.29 is 14.0 Å². The molecule has 3 atom stereocenters. The van der Waals surface area contributed by atoms with Gasteiger partial charge in [0.25, 0.3) is 5.91 Å². The molecular formula is C29H35FN6O2. The molecule has 3 aromatic rings. The van der Waals surface area contributed by atoms with Crippen LogP contribution in [0.15, 0.2) is 67.3 Å². The Labute approximate surface area is 222 Å². The molecule has 1 aromatic heterocycles. The summed E-state index contributed by atoms with van der Waals surface area (Å²) in [5.41, 5.74) is 2.58. The van der Waals surface area contributed by atoms with Gasteiger partial charge in [-0.05, 0) is 74.8 Å². The average molecular weight is 519 g/mol. The predicted octanol–water partition coefficient (Wildman–Crippen LogP) is 2.81. The van der Waals surface area contributed by atoms with E-state index in [0.29, 0.717) is 37.0 Å². The number of likely N-dealkylation sites (N-methyl/N-ethyl adjacent to an activating group) is 1. The first-order valence-corrected chi connectivity index (χ1v) is 13.3. The minimum Gasteiger partial charge on any atom is -0.340 e. The minimum atomic E-state index is -0.576. The number of nitrogens with one attached hydrogen (secondary N) is 2. The highest BCUT2D eigenvalue weighted by molar-refractivity contribution is 5.97. The van der Waals surface area contributed by atoms with Crippen molar-refractivity contribution in [2.45, 2.75) is 37.3 Å². The summed E-state index contributed by atoms with van der Waals surface area (Å²) in [6, 6.07) is 13.8. The molecule has 2 fully saturated rings. The van der Waals surface area contributed by atoms with E-state index in [4.69, 9.17) is 0 Å². The van der Waals surface area contributed by atoms with E-state index in [2.05, 4.69) is 27.6 Å². The van der Waals surface area contributed by atoms with Gasteiger partial charge in [0.05, 0.1) is 6.33 Å². The molecule has 0 spiro atoms. The van der Waals surface area contributed by atoms with E-state index in [0.717, 1.165) is 43.7 Å². The molecular weight excluding hydrogens is 483 g/mol. The van der Waals surface area contributed by atoms with Crippen LogP contribution >= 0.6 is 0 Å². The van der Waals surface area contributed by atoms with Crippen molar-refractivity contribution in [3.05, 3.63) is 84.2 Å². The fourth-order valence-electron chi connectivity index (χ4n) is 5.04. The first kappa shape index (κ1) is 26.1. The number of carbonyl (C=O) groups is 2. The average Bonchev–Trinajstić information content (AvgIpc) is 3.49. The maximum atomic E-state index is 13.4. The summed E-state index contributed by atoms with van der Waals surface area (Å²) in [4.78, 5) is 34.7. The van der Waals surface area contributed by atoms with E-state index >= 15 is 0 Å². The smallest absolute Gasteiger partial charge is 0.251 e. The van der Waals surface area contributed by atoms with E-state index in [-0.39, 0.29) is 17.6 Å². The lowest BCUT2D eigenvalue weighted by molar-refractivity contribution is -0.135. The molecule has 2 heterocycles. The number of piperazine rings is 1. The zero-order valence-electron chi connectivity index (χ0n) is 21.7. The third-order valence-electron chi connectivity index (χ3n) is 7.52. The Kier molecular flexibility index (Phi) is 8.14. The van der Waals surface area contributed by atoms with Crippen molar-refractivity contribution >= 4 is 11.8 Å². The summed E-state index contributed by atoms with van der Waals surface area (Å²) in [5.74, 6) is -0.0761. The number of hydrogen-bond donors (Lipinski definition) is 2. The number of benzene rings is 2. The zero-order chi connectivity index (χ0) is 26.5. The monoisotopic (exact) mass is 518 g/mol. The molecule has 5 rings (SSSR count). The van der Waals surface area contributed by atoms with Gasteiger partial charge in [-0.2, -0.15) is 0 Å². The molecule has 2 aliphatic rings. The summed E-state index contributed by atoms with van der Waals surface area (Å²) in [5, 5.41) is 6.57. The SMILES string of the molecule is CN1CCN(C(=O)[C@@H](CCCN[C@@H]2C[C@H]2c2ccc(F)cc2)NC(=O)c2ccc(-n3ccnc3)cc2)CC1. The van der Waals surface area contributed by atoms with Crippen molar-refractivity contribution in [2.75, 3.05) is 39.8 Å². The van der Waals surface area contributed by atoms with Crippen LogP contribution in [0.1, 0.15) is 41.1 Å². The van der Waals surface area contributed by atoms with Crippen LogP contribution in [0, 0.1) is 5.82 Å². The first-order chi connectivity index (χ1) is 18.5. The number of imidazole rings is 1. The predicted molar refractivity (Wildman–Crippen MR) is 144 cm³/mol. The second-order valence-corrected chi connectivity index (χ2v) is 10.3. The molecule has 8 nitrogen and oxygen atoms in total. The summed E-state index contributed by atoms with van der Waals surface area (Å²) in [6.07, 6.45) is 7.60. The van der Waals surface area contributed by atoms with Crippen LogP contribution in [0.4, 0.5) is 4.39 Å². The molecule has 2 aromatic carbocycles. The van der Waals surface area contributed by atoms with Gasteiger partial charge in [-0.15, -0.1) is 0 Å². The molecule has 1 aliphatic heterocycles. The van der Waals surface area contributed by atoms with E-state index in [1.807, 2.05) is 39.9 Å².